The lowest BCUT2D eigenvalue weighted by molar-refractivity contribution is -0.126. The van der Waals surface area contributed by atoms with E-state index in [1.54, 1.807) is 13.8 Å². The lowest BCUT2D eigenvalue weighted by Gasteiger charge is -2.41. The molecule has 0 spiro atoms. The molecule has 154 valence electrons. The molecule has 0 unspecified atom stereocenters. The number of amides is 2. The fraction of sp³-hybridized carbons (Fsp3) is 0.471. The molecule has 1 fully saturated rings. The first-order valence-electron chi connectivity index (χ1n) is 8.43. The Hall–Kier alpha value is -2.82. The topological polar surface area (TPSA) is 147 Å². The van der Waals surface area contributed by atoms with E-state index >= 15 is 0 Å². The van der Waals surface area contributed by atoms with Crippen LogP contribution in [0.5, 0.6) is 0 Å². The molecule has 1 atom stereocenters. The summed E-state index contributed by atoms with van der Waals surface area (Å²) in [5.41, 5.74) is 5.89. The van der Waals surface area contributed by atoms with Gasteiger partial charge in [0.1, 0.15) is 6.04 Å². The number of carbonyl (C=O) groups is 3. The molecule has 11 heteroatoms. The highest BCUT2D eigenvalue weighted by molar-refractivity contribution is 7.90. The van der Waals surface area contributed by atoms with Crippen molar-refractivity contribution in [1.82, 2.24) is 4.90 Å². The van der Waals surface area contributed by atoms with E-state index in [0.29, 0.717) is 0 Å². The van der Waals surface area contributed by atoms with Gasteiger partial charge >= 0.3 is 12.1 Å². The highest BCUT2D eigenvalue weighted by Crippen LogP contribution is 2.33. The minimum atomic E-state index is -3.84. The molecule has 10 nitrogen and oxygen atoms in total. The predicted molar refractivity (Wildman–Crippen MR) is 101 cm³/mol. The molecule has 1 aliphatic rings. The van der Waals surface area contributed by atoms with Gasteiger partial charge in [-0.1, -0.05) is 13.8 Å². The minimum absolute atomic E-state index is 0.000669. The fourth-order valence-corrected chi connectivity index (χ4v) is 4.11. The number of hydrogen-bond acceptors (Lipinski definition) is 7. The molecule has 1 aromatic carbocycles. The molecule has 0 aliphatic carbocycles. The number of methoxy groups -OCH3 is 1. The Morgan fingerprint density at radius 3 is 2.36 bits per heavy atom. The highest BCUT2D eigenvalue weighted by atomic mass is 32.2. The van der Waals surface area contributed by atoms with E-state index in [9.17, 15) is 27.9 Å². The molecule has 0 bridgehead atoms. The molecule has 1 heterocycles. The first kappa shape index (κ1) is 21.5. The van der Waals surface area contributed by atoms with Gasteiger partial charge in [-0.2, -0.15) is 0 Å². The molecule has 0 radical (unpaired) electrons. The van der Waals surface area contributed by atoms with E-state index in [0.717, 1.165) is 30.4 Å². The Morgan fingerprint density at radius 1 is 1.29 bits per heavy atom. The van der Waals surface area contributed by atoms with Crippen molar-refractivity contribution in [3.63, 3.8) is 0 Å². The van der Waals surface area contributed by atoms with Gasteiger partial charge in [-0.3, -0.25) is 9.69 Å². The van der Waals surface area contributed by atoms with Gasteiger partial charge in [0.05, 0.1) is 28.9 Å². The molecule has 2 amide bonds. The van der Waals surface area contributed by atoms with Crippen molar-refractivity contribution in [2.75, 3.05) is 37.1 Å². The molecule has 0 saturated carbocycles. The van der Waals surface area contributed by atoms with Crippen LogP contribution in [-0.2, 0) is 19.4 Å². The Kier molecular flexibility index (Phi) is 5.88. The minimum Gasteiger partial charge on any atom is -0.465 e. The van der Waals surface area contributed by atoms with E-state index in [1.807, 2.05) is 0 Å². The zero-order valence-electron chi connectivity index (χ0n) is 16.0. The Labute approximate surface area is 162 Å². The number of anilines is 2. The number of hydrogen-bond donors (Lipinski definition) is 2. The van der Waals surface area contributed by atoms with Gasteiger partial charge < -0.3 is 20.5 Å². The number of sulfone groups is 1. The molecule has 28 heavy (non-hydrogen) atoms. The maximum Gasteiger partial charge on any atom is 0.408 e. The number of carbonyl (C=O) groups excluding carboxylic acids is 2. The number of benzene rings is 1. The van der Waals surface area contributed by atoms with Crippen LogP contribution in [0.15, 0.2) is 17.0 Å². The third kappa shape index (κ3) is 3.88. The maximum atomic E-state index is 13.0. The van der Waals surface area contributed by atoms with Crippen molar-refractivity contribution in [1.29, 1.82) is 0 Å². The second kappa shape index (κ2) is 7.66. The summed E-state index contributed by atoms with van der Waals surface area (Å²) in [7, 11) is -2.73. The average Bonchev–Trinajstić information content (AvgIpc) is 2.59. The van der Waals surface area contributed by atoms with E-state index < -0.39 is 33.8 Å². The quantitative estimate of drug-likeness (QED) is 0.544. The molecule has 1 aromatic rings. The van der Waals surface area contributed by atoms with Crippen LogP contribution in [0.25, 0.3) is 0 Å². The normalized spacial score (nSPS) is 17.8. The third-order valence-corrected chi connectivity index (χ3v) is 5.66. The lowest BCUT2D eigenvalue weighted by atomic mass is 9.98. The van der Waals surface area contributed by atoms with Crippen molar-refractivity contribution < 1.29 is 32.6 Å². The smallest absolute Gasteiger partial charge is 0.408 e. The third-order valence-electron chi connectivity index (χ3n) is 4.52. The lowest BCUT2D eigenvalue weighted by Crippen LogP contribution is -2.60. The number of nitrogens with zero attached hydrogens (tertiary/aromatic N) is 2. The van der Waals surface area contributed by atoms with E-state index in [1.165, 1.54) is 4.90 Å². The molecule has 0 aromatic heterocycles. The van der Waals surface area contributed by atoms with Gasteiger partial charge in [-0.25, -0.2) is 18.0 Å². The van der Waals surface area contributed by atoms with Crippen LogP contribution in [0.2, 0.25) is 0 Å². The van der Waals surface area contributed by atoms with Gasteiger partial charge in [0.2, 0.25) is 5.91 Å². The number of nitrogen functional groups attached to an aromatic ring is 1. The second-order valence-corrected chi connectivity index (χ2v) is 8.81. The highest BCUT2D eigenvalue weighted by Gasteiger charge is 2.40. The molecular weight excluding hydrogens is 390 g/mol. The van der Waals surface area contributed by atoms with Crippen LogP contribution in [0.3, 0.4) is 0 Å². The Balaban J connectivity index is 2.60. The Morgan fingerprint density at radius 2 is 1.89 bits per heavy atom. The van der Waals surface area contributed by atoms with Crippen molar-refractivity contribution in [3.8, 4) is 0 Å². The van der Waals surface area contributed by atoms with Gasteiger partial charge in [0.15, 0.2) is 9.84 Å². The first-order valence-corrected chi connectivity index (χ1v) is 10.3. The average molecular weight is 413 g/mol. The summed E-state index contributed by atoms with van der Waals surface area (Å²) in [5.74, 6) is -1.70. The summed E-state index contributed by atoms with van der Waals surface area (Å²) < 4.78 is 29.0. The number of nitrogens with two attached hydrogens (primary N) is 1. The number of piperazine rings is 1. The monoisotopic (exact) mass is 413 g/mol. The molecule has 1 saturated heterocycles. The summed E-state index contributed by atoms with van der Waals surface area (Å²) in [5, 5.41) is 9.36. The van der Waals surface area contributed by atoms with Gasteiger partial charge in [-0.05, 0) is 18.1 Å². The van der Waals surface area contributed by atoms with Gasteiger partial charge in [-0.15, -0.1) is 0 Å². The van der Waals surface area contributed by atoms with Crippen LogP contribution in [-0.4, -0.2) is 68.9 Å². The molecule has 1 aliphatic heterocycles. The number of ether oxygens (including phenoxy) is 1. The molecular formula is C17H23N3O7S. The van der Waals surface area contributed by atoms with Crippen molar-refractivity contribution >= 4 is 39.2 Å². The maximum absolute atomic E-state index is 13.0. The van der Waals surface area contributed by atoms with E-state index in [-0.39, 0.29) is 40.8 Å². The second-order valence-electron chi connectivity index (χ2n) is 6.83. The van der Waals surface area contributed by atoms with Gasteiger partial charge in [0, 0.05) is 19.3 Å². The van der Waals surface area contributed by atoms with Gasteiger partial charge in [0.25, 0.3) is 0 Å². The summed E-state index contributed by atoms with van der Waals surface area (Å²) in [6, 6.07) is 1.37. The summed E-state index contributed by atoms with van der Waals surface area (Å²) in [6.07, 6.45) is -0.284. The molecule has 3 N–H and O–H groups in total. The SMILES string of the molecule is COC(=O)c1cc(N)c(N2CCN(C(=O)O)[C@H](C(C)C)C2=O)cc1S(C)(=O)=O. The number of esters is 1. The van der Waals surface area contributed by atoms with E-state index in [4.69, 9.17) is 5.73 Å². The number of rotatable bonds is 4. The zero-order chi connectivity index (χ0) is 21.4. The van der Waals surface area contributed by atoms with Crippen molar-refractivity contribution in [3.05, 3.63) is 17.7 Å². The van der Waals surface area contributed by atoms with Crippen LogP contribution >= 0.6 is 0 Å². The van der Waals surface area contributed by atoms with E-state index in [2.05, 4.69) is 4.74 Å². The summed E-state index contributed by atoms with van der Waals surface area (Å²) in [4.78, 5) is 38.4. The number of carboxylic acid groups (broad SMARTS) is 1. The van der Waals surface area contributed by atoms with Crippen LogP contribution in [0.4, 0.5) is 16.2 Å². The standard InChI is InChI=1S/C17H23N3O7S/c1-9(2)14-15(21)19(5-6-20(14)17(23)24)12-8-13(28(4,25)26)10(7-11(12)18)16(22)27-3/h7-9,14H,5-6,18H2,1-4H3,(H,23,24)/t14-/m1/s1. The predicted octanol–water partition coefficient (Wildman–Crippen LogP) is 0.810. The van der Waals surface area contributed by atoms with Crippen molar-refractivity contribution in [2.24, 2.45) is 5.92 Å². The van der Waals surface area contributed by atoms with Crippen LogP contribution in [0, 0.1) is 5.92 Å². The van der Waals surface area contributed by atoms with Crippen LogP contribution in [0.1, 0.15) is 24.2 Å². The summed E-state index contributed by atoms with van der Waals surface area (Å²) >= 11 is 0. The van der Waals surface area contributed by atoms with Crippen LogP contribution < -0.4 is 10.6 Å². The molecule has 2 rings (SSSR count). The largest absolute Gasteiger partial charge is 0.465 e. The fourth-order valence-electron chi connectivity index (χ4n) is 3.24. The zero-order valence-corrected chi connectivity index (χ0v) is 16.8. The van der Waals surface area contributed by atoms with Crippen molar-refractivity contribution in [2.45, 2.75) is 24.8 Å². The summed E-state index contributed by atoms with van der Waals surface area (Å²) in [6.45, 7) is 3.47. The Bertz CT molecular complexity index is 927. The first-order chi connectivity index (χ1) is 12.9.